The Morgan fingerprint density at radius 2 is 1.29 bits per heavy atom. The molecule has 1 aromatic rings. The van der Waals surface area contributed by atoms with Crippen molar-refractivity contribution < 1.29 is 21.4 Å². The van der Waals surface area contributed by atoms with Crippen LogP contribution in [0.1, 0.15) is 19.8 Å². The predicted octanol–water partition coefficient (Wildman–Crippen LogP) is 3.91. The first-order valence-electron chi connectivity index (χ1n) is 4.89. The Bertz CT molecular complexity index is 320. The standard InChI is InChI=1S/C9H14N.6FH.Sb/c1-2-3-7-10-8-5-4-6-9-10;;;;;;;/h4-6,8-9H,2-3,7H2,1H3;6*1H;/q+1;;;;;;;+5/p-6. The van der Waals surface area contributed by atoms with Gasteiger partial charge in [0.2, 0.25) is 0 Å². The van der Waals surface area contributed by atoms with Gasteiger partial charge in [-0.25, -0.2) is 4.57 Å². The number of aryl methyl sites for hydroxylation is 1. The number of unbranched alkanes of at least 4 members (excludes halogenated alkanes) is 1. The molecule has 1 nitrogen and oxygen atoms in total. The second-order valence-corrected chi connectivity index (χ2v) is 8.90. The molecule has 0 fully saturated rings. The van der Waals surface area contributed by atoms with E-state index < -0.39 is 19.5 Å². The molecule has 1 heterocycles. The van der Waals surface area contributed by atoms with Crippen LogP contribution in [0.5, 0.6) is 0 Å². The van der Waals surface area contributed by atoms with E-state index in [9.17, 15) is 16.9 Å². The first-order chi connectivity index (χ1) is 7.38. The van der Waals surface area contributed by atoms with E-state index >= 15 is 0 Å². The summed E-state index contributed by atoms with van der Waals surface area (Å²) in [7, 11) is 0. The molecular weight excluding hydrogens is 358 g/mol. The van der Waals surface area contributed by atoms with Crippen molar-refractivity contribution in [2.24, 2.45) is 0 Å². The summed E-state index contributed by atoms with van der Waals surface area (Å²) in [5.74, 6) is 0. The number of pyridine rings is 1. The van der Waals surface area contributed by atoms with Crippen molar-refractivity contribution in [2.45, 2.75) is 26.3 Å². The van der Waals surface area contributed by atoms with Crippen molar-refractivity contribution in [1.29, 1.82) is 0 Å². The summed E-state index contributed by atoms with van der Waals surface area (Å²) in [4.78, 5) is 0. The monoisotopic (exact) mass is 371 g/mol. The Kier molecular flexibility index (Phi) is 4.91. The van der Waals surface area contributed by atoms with E-state index in [2.05, 4.69) is 36.0 Å². The van der Waals surface area contributed by atoms with Gasteiger partial charge in [0.1, 0.15) is 6.54 Å². The fourth-order valence-corrected chi connectivity index (χ4v) is 0.924. The van der Waals surface area contributed by atoms with Crippen LogP contribution in [0.15, 0.2) is 30.6 Å². The molecule has 0 amide bonds. The van der Waals surface area contributed by atoms with Crippen LogP contribution in [0.2, 0.25) is 0 Å². The van der Waals surface area contributed by atoms with Crippen LogP contribution in [-0.2, 0) is 6.54 Å². The Morgan fingerprint density at radius 3 is 1.65 bits per heavy atom. The van der Waals surface area contributed by atoms with E-state index in [0.29, 0.717) is 0 Å². The van der Waals surface area contributed by atoms with Crippen molar-refractivity contribution in [1.82, 2.24) is 0 Å². The van der Waals surface area contributed by atoms with Crippen molar-refractivity contribution >= 4 is 19.5 Å². The molecule has 0 saturated carbocycles. The summed E-state index contributed by atoms with van der Waals surface area (Å²) >= 11 is -11.2. The molecule has 0 radical (unpaired) electrons. The number of rotatable bonds is 3. The van der Waals surface area contributed by atoms with E-state index in [0.717, 1.165) is 6.54 Å². The second kappa shape index (κ2) is 5.04. The summed E-state index contributed by atoms with van der Waals surface area (Å²) in [5.41, 5.74) is 0. The maximum atomic E-state index is 9.93. The number of halogens is 6. The third-order valence-electron chi connectivity index (χ3n) is 1.55. The molecule has 0 atom stereocenters. The molecule has 102 valence electrons. The summed E-state index contributed by atoms with van der Waals surface area (Å²) in [5, 5.41) is 0. The fourth-order valence-electron chi connectivity index (χ4n) is 0.924. The van der Waals surface area contributed by atoms with Crippen LogP contribution in [0, 0.1) is 0 Å². The van der Waals surface area contributed by atoms with E-state index in [4.69, 9.17) is 0 Å². The molecule has 0 aliphatic heterocycles. The van der Waals surface area contributed by atoms with Crippen LogP contribution < -0.4 is 4.57 Å². The van der Waals surface area contributed by atoms with Crippen molar-refractivity contribution in [3.8, 4) is 0 Å². The van der Waals surface area contributed by atoms with Gasteiger partial charge < -0.3 is 0 Å². The molecule has 0 aromatic carbocycles. The number of hydrogen-bond acceptors (Lipinski definition) is 0. The molecule has 0 spiro atoms. The zero-order valence-electron chi connectivity index (χ0n) is 9.17. The van der Waals surface area contributed by atoms with Gasteiger partial charge >= 0.3 is 36.4 Å². The van der Waals surface area contributed by atoms with Crippen LogP contribution in [-0.4, -0.2) is 19.5 Å². The predicted molar refractivity (Wildman–Crippen MR) is 53.9 cm³/mol. The van der Waals surface area contributed by atoms with Gasteiger partial charge in [-0.3, -0.25) is 0 Å². The van der Waals surface area contributed by atoms with Gasteiger partial charge in [-0.1, -0.05) is 19.4 Å². The van der Waals surface area contributed by atoms with Gasteiger partial charge in [-0.05, 0) is 0 Å². The van der Waals surface area contributed by atoms with Gasteiger partial charge in [0.05, 0.1) is 0 Å². The summed E-state index contributed by atoms with van der Waals surface area (Å²) in [6.07, 6.45) is 6.75. The zero-order valence-corrected chi connectivity index (χ0v) is 11.7. The van der Waals surface area contributed by atoms with E-state index in [-0.39, 0.29) is 0 Å². The first-order valence-corrected chi connectivity index (χ1v) is 10.7. The Labute approximate surface area is 98.0 Å². The van der Waals surface area contributed by atoms with Gasteiger partial charge in [0.15, 0.2) is 12.4 Å². The minimum absolute atomic E-state index is 1.15. The summed E-state index contributed by atoms with van der Waals surface area (Å²) in [6.45, 7) is 3.36. The minimum atomic E-state index is -11.2. The molecule has 0 unspecified atom stereocenters. The normalized spacial score (nSPS) is 15.2. The Hall–Kier alpha value is -0.452. The first kappa shape index (κ1) is 16.5. The van der Waals surface area contributed by atoms with Gasteiger partial charge in [-0.2, -0.15) is 0 Å². The molecule has 0 aliphatic carbocycles. The van der Waals surface area contributed by atoms with Crippen molar-refractivity contribution in [3.05, 3.63) is 30.6 Å². The molecular formula is C9H14F6NSb. The topological polar surface area (TPSA) is 3.88 Å². The number of aromatic nitrogens is 1. The second-order valence-electron chi connectivity index (χ2n) is 3.43. The van der Waals surface area contributed by atoms with E-state index in [1.54, 1.807) is 0 Å². The molecule has 0 saturated heterocycles. The Balaban J connectivity index is 0.000000325. The molecule has 1 aromatic heterocycles. The molecule has 0 bridgehead atoms. The maximum absolute atomic E-state index is 11.2. The molecule has 0 N–H and O–H groups in total. The fraction of sp³-hybridized carbons (Fsp3) is 0.444. The van der Waals surface area contributed by atoms with Gasteiger partial charge in [0.25, 0.3) is 0 Å². The van der Waals surface area contributed by atoms with Crippen LogP contribution in [0.4, 0.5) is 16.9 Å². The Morgan fingerprint density at radius 1 is 0.882 bits per heavy atom. The quantitative estimate of drug-likeness (QED) is 0.431. The van der Waals surface area contributed by atoms with Gasteiger partial charge in [-0.15, -0.1) is 0 Å². The SMILES string of the molecule is CCCC[n+]1ccccc1.[F][Sb-]([F])([F])([F])([F])[F]. The molecule has 17 heavy (non-hydrogen) atoms. The number of hydrogen-bond donors (Lipinski definition) is 0. The summed E-state index contributed by atoms with van der Waals surface area (Å²) < 4.78 is 61.8. The number of nitrogens with zero attached hydrogens (tertiary/aromatic N) is 1. The van der Waals surface area contributed by atoms with E-state index in [1.165, 1.54) is 12.8 Å². The van der Waals surface area contributed by atoms with Gasteiger partial charge in [0, 0.05) is 18.6 Å². The molecule has 0 aliphatic rings. The van der Waals surface area contributed by atoms with Crippen LogP contribution >= 0.6 is 0 Å². The average molecular weight is 372 g/mol. The molecule has 1 rings (SSSR count). The van der Waals surface area contributed by atoms with Crippen molar-refractivity contribution in [3.63, 3.8) is 0 Å². The third kappa shape index (κ3) is 21.4. The zero-order chi connectivity index (χ0) is 13.6. The molecule has 8 heteroatoms. The third-order valence-corrected chi connectivity index (χ3v) is 1.55. The average Bonchev–Trinajstić information content (AvgIpc) is 2.11. The van der Waals surface area contributed by atoms with E-state index in [1.807, 2.05) is 6.07 Å². The van der Waals surface area contributed by atoms with Crippen LogP contribution in [0.3, 0.4) is 0 Å². The van der Waals surface area contributed by atoms with Crippen molar-refractivity contribution in [2.75, 3.05) is 0 Å². The van der Waals surface area contributed by atoms with Crippen LogP contribution in [0.25, 0.3) is 0 Å². The summed E-state index contributed by atoms with van der Waals surface area (Å²) in [6, 6.07) is 6.17.